The molecule has 0 amide bonds. The molecule has 180 valence electrons. The fourth-order valence-electron chi connectivity index (χ4n) is 3.38. The van der Waals surface area contributed by atoms with Crippen LogP contribution in [-0.2, 0) is 22.4 Å². The Bertz CT molecular complexity index is 1190. The van der Waals surface area contributed by atoms with Crippen LogP contribution >= 0.6 is 23.2 Å². The summed E-state index contributed by atoms with van der Waals surface area (Å²) in [6.07, 6.45) is 0.349. The number of rotatable bonds is 8. The summed E-state index contributed by atoms with van der Waals surface area (Å²) in [5, 5.41) is 10.7. The van der Waals surface area contributed by atoms with E-state index in [1.807, 2.05) is 0 Å². The second-order valence-corrected chi connectivity index (χ2v) is 8.06. The summed E-state index contributed by atoms with van der Waals surface area (Å²) in [4.78, 5) is 11.4. The molecule has 0 saturated carbocycles. The zero-order chi connectivity index (χ0) is 25.0. The number of hydrogen-bond acceptors (Lipinski definition) is 4. The Morgan fingerprint density at radius 3 is 2.35 bits per heavy atom. The Kier molecular flexibility index (Phi) is 8.28. The summed E-state index contributed by atoms with van der Waals surface area (Å²) in [6, 6.07) is 8.29. The van der Waals surface area contributed by atoms with Crippen LogP contribution in [0.5, 0.6) is 11.5 Å². The van der Waals surface area contributed by atoms with Gasteiger partial charge in [0.15, 0.2) is 0 Å². The lowest BCUT2D eigenvalue weighted by molar-refractivity contribution is -0.140. The number of esters is 1. The van der Waals surface area contributed by atoms with Crippen molar-refractivity contribution >= 4 is 29.2 Å². The lowest BCUT2D eigenvalue weighted by Crippen LogP contribution is -2.03. The molecule has 0 fully saturated rings. The lowest BCUT2D eigenvalue weighted by Gasteiger charge is -2.15. The van der Waals surface area contributed by atoms with E-state index in [1.54, 1.807) is 12.1 Å². The van der Waals surface area contributed by atoms with Crippen molar-refractivity contribution in [1.82, 2.24) is 0 Å². The van der Waals surface area contributed by atoms with Crippen LogP contribution in [0.15, 0.2) is 42.5 Å². The maximum absolute atomic E-state index is 15.4. The molecule has 0 aliphatic heterocycles. The Morgan fingerprint density at radius 1 is 1.06 bits per heavy atom. The van der Waals surface area contributed by atoms with Gasteiger partial charge in [0.2, 0.25) is 0 Å². The van der Waals surface area contributed by atoms with Gasteiger partial charge in [0.25, 0.3) is 0 Å². The van der Waals surface area contributed by atoms with E-state index < -0.39 is 46.8 Å². The first-order chi connectivity index (χ1) is 16.1. The van der Waals surface area contributed by atoms with Crippen molar-refractivity contribution in [2.24, 2.45) is 0 Å². The molecule has 0 saturated heterocycles. The fourth-order valence-corrected chi connectivity index (χ4v) is 4.05. The third-order valence-electron chi connectivity index (χ3n) is 5.05. The molecule has 0 aromatic heterocycles. The molecule has 10 heteroatoms. The predicted octanol–water partition coefficient (Wildman–Crippen LogP) is 6.94. The molecule has 34 heavy (non-hydrogen) atoms. The predicted molar refractivity (Wildman–Crippen MR) is 120 cm³/mol. The minimum atomic E-state index is -3.16. The van der Waals surface area contributed by atoms with E-state index in [-0.39, 0.29) is 28.5 Å². The van der Waals surface area contributed by atoms with Crippen LogP contribution in [0.25, 0.3) is 11.1 Å². The Labute approximate surface area is 202 Å². The molecule has 0 spiro atoms. The van der Waals surface area contributed by atoms with Crippen molar-refractivity contribution in [3.63, 3.8) is 0 Å². The van der Waals surface area contributed by atoms with Crippen molar-refractivity contribution in [3.8, 4) is 22.6 Å². The highest BCUT2D eigenvalue weighted by Gasteiger charge is 2.21. The summed E-state index contributed by atoms with van der Waals surface area (Å²) in [7, 11) is 1.28. The zero-order valence-corrected chi connectivity index (χ0v) is 19.2. The van der Waals surface area contributed by atoms with Crippen molar-refractivity contribution in [3.05, 3.63) is 80.8 Å². The maximum Gasteiger partial charge on any atom is 0.387 e. The number of hydrogen-bond donors (Lipinski definition) is 1. The third kappa shape index (κ3) is 5.93. The van der Waals surface area contributed by atoms with Gasteiger partial charge in [0.1, 0.15) is 23.1 Å². The van der Waals surface area contributed by atoms with Gasteiger partial charge in [-0.05, 0) is 59.5 Å². The first-order valence-electron chi connectivity index (χ1n) is 9.89. The van der Waals surface area contributed by atoms with Crippen molar-refractivity contribution in [2.45, 2.75) is 25.9 Å². The van der Waals surface area contributed by atoms with E-state index in [0.29, 0.717) is 17.5 Å². The molecule has 4 nitrogen and oxygen atoms in total. The summed E-state index contributed by atoms with van der Waals surface area (Å²) < 4.78 is 63.8. The molecule has 3 aromatic rings. The van der Waals surface area contributed by atoms with Crippen LogP contribution in [-0.4, -0.2) is 24.8 Å². The standard InChI is InChI=1S/C24H18Cl2F4O4/c1-33-21(32)7-2-12-8-17(25)15(18(26)9-12)10-13-3-6-20(31)22(23(13)28)16-11-14(34-24(29)30)4-5-19(16)27/h3-6,8-9,11,24,31H,2,7,10H2,1H3. The van der Waals surface area contributed by atoms with Crippen LogP contribution in [0.4, 0.5) is 17.6 Å². The first-order valence-corrected chi connectivity index (χ1v) is 10.6. The highest BCUT2D eigenvalue weighted by Crippen LogP contribution is 2.39. The van der Waals surface area contributed by atoms with Crippen LogP contribution in [0.1, 0.15) is 23.1 Å². The number of alkyl halides is 2. The smallest absolute Gasteiger partial charge is 0.387 e. The van der Waals surface area contributed by atoms with E-state index in [2.05, 4.69) is 9.47 Å². The quantitative estimate of drug-likeness (QED) is 0.260. The summed E-state index contributed by atoms with van der Waals surface area (Å²) in [5.74, 6) is -3.31. The molecule has 0 aliphatic rings. The van der Waals surface area contributed by atoms with Gasteiger partial charge in [-0.2, -0.15) is 8.78 Å². The van der Waals surface area contributed by atoms with E-state index in [4.69, 9.17) is 23.2 Å². The highest BCUT2D eigenvalue weighted by atomic mass is 35.5. The van der Waals surface area contributed by atoms with Crippen LogP contribution in [0.3, 0.4) is 0 Å². The van der Waals surface area contributed by atoms with Crippen molar-refractivity contribution in [1.29, 1.82) is 0 Å². The largest absolute Gasteiger partial charge is 0.507 e. The number of carbonyl (C=O) groups is 1. The van der Waals surface area contributed by atoms with E-state index in [0.717, 1.165) is 24.3 Å². The van der Waals surface area contributed by atoms with Crippen LogP contribution < -0.4 is 4.74 Å². The van der Waals surface area contributed by atoms with Gasteiger partial charge < -0.3 is 14.6 Å². The van der Waals surface area contributed by atoms with Gasteiger partial charge >= 0.3 is 12.6 Å². The second-order valence-electron chi connectivity index (χ2n) is 7.24. The summed E-state index contributed by atoms with van der Waals surface area (Å²) in [5.41, 5.74) is 0.102. The van der Waals surface area contributed by atoms with Gasteiger partial charge in [0, 0.05) is 28.5 Å². The van der Waals surface area contributed by atoms with Crippen molar-refractivity contribution < 1.29 is 36.9 Å². The summed E-state index contributed by atoms with van der Waals surface area (Å²) in [6.45, 7) is -3.16. The number of ether oxygens (including phenoxy) is 2. The number of aryl methyl sites for hydroxylation is 1. The molecule has 3 aromatic carbocycles. The summed E-state index contributed by atoms with van der Waals surface area (Å²) >= 11 is 12.7. The average Bonchev–Trinajstić information content (AvgIpc) is 2.77. The maximum atomic E-state index is 15.4. The molecule has 1 N–H and O–H groups in total. The molecule has 0 bridgehead atoms. The van der Waals surface area contributed by atoms with Gasteiger partial charge in [0.05, 0.1) is 12.7 Å². The minimum absolute atomic E-state index is 0.0264. The van der Waals surface area contributed by atoms with Crippen LogP contribution in [0, 0.1) is 11.6 Å². The van der Waals surface area contributed by atoms with E-state index in [1.165, 1.54) is 13.2 Å². The number of carbonyl (C=O) groups excluding carboxylic acids is 1. The number of aromatic hydroxyl groups is 1. The van der Waals surface area contributed by atoms with E-state index in [9.17, 15) is 23.1 Å². The fraction of sp³-hybridized carbons (Fsp3) is 0.208. The average molecular weight is 517 g/mol. The second kappa shape index (κ2) is 11.0. The number of benzene rings is 3. The minimum Gasteiger partial charge on any atom is -0.507 e. The van der Waals surface area contributed by atoms with Gasteiger partial charge in [-0.3, -0.25) is 4.79 Å². The molecule has 0 aliphatic carbocycles. The molecule has 3 rings (SSSR count). The molecule has 0 unspecified atom stereocenters. The monoisotopic (exact) mass is 516 g/mol. The normalized spacial score (nSPS) is 11.1. The molecule has 0 radical (unpaired) electrons. The van der Waals surface area contributed by atoms with Crippen molar-refractivity contribution in [2.75, 3.05) is 7.11 Å². The first kappa shape index (κ1) is 25.6. The van der Waals surface area contributed by atoms with Crippen LogP contribution in [0.2, 0.25) is 10.0 Å². The molecule has 0 heterocycles. The molecular weight excluding hydrogens is 499 g/mol. The number of methoxy groups -OCH3 is 1. The topological polar surface area (TPSA) is 55.8 Å². The van der Waals surface area contributed by atoms with Gasteiger partial charge in [-0.25, -0.2) is 8.78 Å². The molecule has 0 atom stereocenters. The van der Waals surface area contributed by atoms with Gasteiger partial charge in [-0.15, -0.1) is 0 Å². The number of phenolic OH excluding ortho intramolecular Hbond substituents is 1. The SMILES string of the molecule is COC(=O)CCc1cc(Cl)c(Cc2ccc(O)c(-c3cc(OC(F)F)ccc3F)c2F)c(Cl)c1. The Hall–Kier alpha value is -2.97. The number of halogens is 6. The molecular formula is C24H18Cl2F4O4. The van der Waals surface area contributed by atoms with Gasteiger partial charge in [-0.1, -0.05) is 29.3 Å². The Balaban J connectivity index is 1.97. The third-order valence-corrected chi connectivity index (χ3v) is 5.72. The highest BCUT2D eigenvalue weighted by molar-refractivity contribution is 6.36. The zero-order valence-electron chi connectivity index (χ0n) is 17.7. The number of phenols is 1. The Morgan fingerprint density at radius 2 is 1.74 bits per heavy atom. The lowest BCUT2D eigenvalue weighted by atomic mass is 9.96. The van der Waals surface area contributed by atoms with E-state index >= 15 is 4.39 Å².